The van der Waals surface area contributed by atoms with E-state index in [1.807, 2.05) is 18.2 Å². The van der Waals surface area contributed by atoms with Gasteiger partial charge in [0, 0.05) is 32.7 Å². The normalized spacial score (nSPS) is 19.2. The van der Waals surface area contributed by atoms with E-state index in [1.165, 1.54) is 39.5 Å². The van der Waals surface area contributed by atoms with Crippen molar-refractivity contribution in [2.24, 2.45) is 0 Å². The van der Waals surface area contributed by atoms with Crippen molar-refractivity contribution in [3.8, 4) is 17.2 Å². The summed E-state index contributed by atoms with van der Waals surface area (Å²) in [7, 11) is 4.58. The number of carbonyl (C=O) groups is 2. The Kier molecular flexibility index (Phi) is 12.1. The second kappa shape index (κ2) is 16.2. The van der Waals surface area contributed by atoms with Crippen LogP contribution in [0.25, 0.3) is 0 Å². The van der Waals surface area contributed by atoms with Crippen molar-refractivity contribution in [1.82, 2.24) is 20.4 Å². The summed E-state index contributed by atoms with van der Waals surface area (Å²) in [6, 6.07) is 8.48. The Labute approximate surface area is 263 Å². The summed E-state index contributed by atoms with van der Waals surface area (Å²) in [4.78, 5) is 29.5. The molecule has 1 fully saturated rings. The lowest BCUT2D eigenvalue weighted by molar-refractivity contribution is -0.132. The summed E-state index contributed by atoms with van der Waals surface area (Å²) in [6.07, 6.45) is 8.04. The Bertz CT molecular complexity index is 1430. The van der Waals surface area contributed by atoms with Gasteiger partial charge in [-0.05, 0) is 72.4 Å². The van der Waals surface area contributed by atoms with E-state index in [-0.39, 0.29) is 49.1 Å². The largest absolute Gasteiger partial charge is 0.493 e. The molecule has 11 heteroatoms. The van der Waals surface area contributed by atoms with Gasteiger partial charge in [0.2, 0.25) is 17.6 Å². The van der Waals surface area contributed by atoms with Crippen molar-refractivity contribution in [3.05, 3.63) is 88.5 Å². The zero-order valence-electron chi connectivity index (χ0n) is 26.3. The highest BCUT2D eigenvalue weighted by Crippen LogP contribution is 2.38. The highest BCUT2D eigenvalue weighted by Gasteiger charge is 2.29. The fraction of sp³-hybridized carbons (Fsp3) is 0.412. The molecule has 0 bridgehead atoms. The first-order valence-corrected chi connectivity index (χ1v) is 15.0. The number of aryl methyl sites for hydroxylation is 1. The molecule has 1 unspecified atom stereocenters. The van der Waals surface area contributed by atoms with Crippen LogP contribution in [0.15, 0.2) is 66.0 Å². The Morgan fingerprint density at radius 1 is 0.933 bits per heavy atom. The molecular weight excluding hydrogens is 582 g/mol. The molecule has 0 saturated carbocycles. The number of carbonyl (C=O) groups excluding carboxylic acids is 2. The molecule has 2 amide bonds. The average molecular weight is 625 g/mol. The van der Waals surface area contributed by atoms with E-state index in [0.29, 0.717) is 55.4 Å². The van der Waals surface area contributed by atoms with E-state index < -0.39 is 0 Å². The number of ether oxygens (including phenoxy) is 3. The second-order valence-electron chi connectivity index (χ2n) is 11.0. The maximum absolute atomic E-state index is 14.1. The van der Waals surface area contributed by atoms with Gasteiger partial charge in [0.25, 0.3) is 0 Å². The van der Waals surface area contributed by atoms with Crippen LogP contribution in [0.3, 0.4) is 0 Å². The molecule has 1 atom stereocenters. The van der Waals surface area contributed by atoms with Crippen LogP contribution in [0.5, 0.6) is 17.2 Å². The number of methoxy groups -OCH3 is 3. The number of piperazine rings is 1. The Morgan fingerprint density at radius 3 is 2.29 bits per heavy atom. The van der Waals surface area contributed by atoms with Gasteiger partial charge < -0.3 is 24.4 Å². The van der Waals surface area contributed by atoms with E-state index >= 15 is 0 Å². The third kappa shape index (κ3) is 8.92. The molecule has 242 valence electrons. The number of amides is 2. The predicted molar refractivity (Wildman–Crippen MR) is 168 cm³/mol. The van der Waals surface area contributed by atoms with E-state index in [2.05, 4.69) is 15.5 Å². The number of nitrogens with one attached hydrogen (secondary N) is 2. The van der Waals surface area contributed by atoms with Crippen LogP contribution in [0, 0.1) is 12.7 Å². The first kappa shape index (κ1) is 33.7. The minimum absolute atomic E-state index is 0.0190. The fourth-order valence-electron chi connectivity index (χ4n) is 5.62. The van der Waals surface area contributed by atoms with Crippen molar-refractivity contribution in [2.45, 2.75) is 32.4 Å². The van der Waals surface area contributed by atoms with Gasteiger partial charge in [-0.3, -0.25) is 19.8 Å². The maximum atomic E-state index is 14.1. The molecule has 1 aliphatic heterocycles. The molecule has 45 heavy (non-hydrogen) atoms. The number of nitrogens with zero attached hydrogens (tertiary/aromatic N) is 2. The quantitative estimate of drug-likeness (QED) is 0.362. The van der Waals surface area contributed by atoms with Crippen LogP contribution in [-0.2, 0) is 16.1 Å². The molecule has 0 spiro atoms. The average Bonchev–Trinajstić information content (AvgIpc) is 3.04. The third-order valence-corrected chi connectivity index (χ3v) is 7.99. The molecular formula is C34H42F2N4O5. The zero-order valence-corrected chi connectivity index (χ0v) is 26.3. The molecule has 2 aromatic carbocycles. The van der Waals surface area contributed by atoms with Crippen LogP contribution in [0.4, 0.5) is 8.78 Å². The Morgan fingerprint density at radius 2 is 1.64 bits per heavy atom. The maximum Gasteiger partial charge on any atom is 0.236 e. The summed E-state index contributed by atoms with van der Waals surface area (Å²) < 4.78 is 44.3. The first-order valence-electron chi connectivity index (χ1n) is 15.0. The van der Waals surface area contributed by atoms with Crippen molar-refractivity contribution < 1.29 is 32.6 Å². The third-order valence-electron chi connectivity index (χ3n) is 7.99. The molecule has 0 aromatic heterocycles. The topological polar surface area (TPSA) is 92.4 Å². The summed E-state index contributed by atoms with van der Waals surface area (Å²) in [5, 5.41) is 5.77. The summed E-state index contributed by atoms with van der Waals surface area (Å²) in [5.74, 6) is 0.531. The van der Waals surface area contributed by atoms with Gasteiger partial charge in [0.15, 0.2) is 11.5 Å². The Hall–Kier alpha value is -4.22. The highest BCUT2D eigenvalue weighted by atomic mass is 19.1. The predicted octanol–water partition coefficient (Wildman–Crippen LogP) is 4.38. The number of allylic oxidation sites excluding steroid dienone is 5. The van der Waals surface area contributed by atoms with Gasteiger partial charge >= 0.3 is 0 Å². The van der Waals surface area contributed by atoms with Crippen molar-refractivity contribution in [2.75, 3.05) is 60.6 Å². The van der Waals surface area contributed by atoms with Gasteiger partial charge in [0.1, 0.15) is 11.6 Å². The molecule has 9 nitrogen and oxygen atoms in total. The molecule has 2 aromatic rings. The van der Waals surface area contributed by atoms with Gasteiger partial charge in [0.05, 0.1) is 40.5 Å². The van der Waals surface area contributed by atoms with E-state index in [0.717, 1.165) is 23.1 Å². The van der Waals surface area contributed by atoms with E-state index in [9.17, 15) is 18.4 Å². The van der Waals surface area contributed by atoms with Crippen molar-refractivity contribution in [1.29, 1.82) is 0 Å². The van der Waals surface area contributed by atoms with Crippen LogP contribution in [-0.4, -0.2) is 82.2 Å². The smallest absolute Gasteiger partial charge is 0.236 e. The monoisotopic (exact) mass is 624 g/mol. The molecule has 0 radical (unpaired) electrons. The van der Waals surface area contributed by atoms with Crippen LogP contribution in [0.1, 0.15) is 35.6 Å². The van der Waals surface area contributed by atoms with Crippen LogP contribution in [0.2, 0.25) is 0 Å². The van der Waals surface area contributed by atoms with Crippen LogP contribution < -0.4 is 24.8 Å². The van der Waals surface area contributed by atoms with E-state index in [4.69, 9.17) is 14.2 Å². The number of halogens is 2. The number of hydrogen-bond donors (Lipinski definition) is 2. The van der Waals surface area contributed by atoms with E-state index in [1.54, 1.807) is 30.0 Å². The lowest BCUT2D eigenvalue weighted by Gasteiger charge is -2.40. The van der Waals surface area contributed by atoms with Crippen molar-refractivity contribution >= 4 is 11.8 Å². The Balaban J connectivity index is 1.30. The highest BCUT2D eigenvalue weighted by molar-refractivity contribution is 5.81. The second-order valence-corrected chi connectivity index (χ2v) is 11.0. The first-order chi connectivity index (χ1) is 21.7. The summed E-state index contributed by atoms with van der Waals surface area (Å²) in [5.41, 5.74) is 3.31. The SMILES string of the molecule is COc1cc(CNC(=O)CNCC(=O)N2CCN(C(/C3=C/C=C(F)\C=C/CC3)c3ccc(F)c(C)c3)CC2)cc(OC)c1OC. The summed E-state index contributed by atoms with van der Waals surface area (Å²) in [6.45, 7) is 4.19. The van der Waals surface area contributed by atoms with Gasteiger partial charge in [-0.2, -0.15) is 0 Å². The zero-order chi connectivity index (χ0) is 32.3. The fourth-order valence-corrected chi connectivity index (χ4v) is 5.62. The van der Waals surface area contributed by atoms with Gasteiger partial charge in [-0.1, -0.05) is 24.3 Å². The molecule has 2 aliphatic rings. The molecule has 4 rings (SSSR count). The minimum atomic E-state index is -0.306. The molecule has 1 aliphatic carbocycles. The molecule has 2 N–H and O–H groups in total. The van der Waals surface area contributed by atoms with Crippen molar-refractivity contribution in [3.63, 3.8) is 0 Å². The molecule has 1 saturated heterocycles. The van der Waals surface area contributed by atoms with Gasteiger partial charge in [-0.15, -0.1) is 0 Å². The summed E-state index contributed by atoms with van der Waals surface area (Å²) >= 11 is 0. The minimum Gasteiger partial charge on any atom is -0.493 e. The lowest BCUT2D eigenvalue weighted by atomic mass is 9.91. The number of benzene rings is 2. The van der Waals surface area contributed by atoms with Gasteiger partial charge in [-0.25, -0.2) is 8.78 Å². The standard InChI is InChI=1S/C34H42F2N4O5/c1-23-17-26(10-12-28(23)36)33(25-7-5-6-8-27(35)11-9-25)40-15-13-39(14-16-40)32(42)22-37-21-31(41)38-20-24-18-29(43-2)34(45-4)30(19-24)44-3/h6,8-12,17-19,33,37H,5,7,13-16,20-22H2,1-4H3,(H,38,41)/b8-6-,25-9+,27-11+. The van der Waals surface area contributed by atoms with Crippen LogP contribution >= 0.6 is 0 Å². The molecule has 1 heterocycles. The number of rotatable bonds is 12. The lowest BCUT2D eigenvalue weighted by Crippen LogP contribution is -2.52. The number of hydrogen-bond acceptors (Lipinski definition) is 7.